The van der Waals surface area contributed by atoms with Crippen LogP contribution in [0.3, 0.4) is 0 Å². The predicted molar refractivity (Wildman–Crippen MR) is 82.6 cm³/mol. The van der Waals surface area contributed by atoms with Gasteiger partial charge in [0, 0.05) is 0 Å². The third-order valence-electron chi connectivity index (χ3n) is 3.89. The molecule has 3 rings (SSSR count). The van der Waals surface area contributed by atoms with Crippen LogP contribution in [-0.2, 0) is 4.79 Å². The van der Waals surface area contributed by atoms with E-state index in [1.54, 1.807) is 11.8 Å². The van der Waals surface area contributed by atoms with Crippen molar-refractivity contribution >= 4 is 28.5 Å². The monoisotopic (exact) mass is 290 g/mol. The fraction of sp³-hybridized carbons (Fsp3) is 0.467. The number of nitrogens with zero attached hydrogens (tertiary/aromatic N) is 2. The van der Waals surface area contributed by atoms with E-state index in [2.05, 4.69) is 16.8 Å². The minimum atomic E-state index is -0.428. The SMILES string of the molecule is CCC1(C)SC(N2c3ccccc3OCC2C)=NC1=O. The Morgan fingerprint density at radius 1 is 1.50 bits per heavy atom. The predicted octanol–water partition coefficient (Wildman–Crippen LogP) is 3.07. The highest BCUT2D eigenvalue weighted by molar-refractivity contribution is 8.16. The van der Waals surface area contributed by atoms with E-state index >= 15 is 0 Å². The number of anilines is 1. The molecule has 1 aromatic carbocycles. The molecule has 2 aliphatic rings. The number of aliphatic imine (C=N–C) groups is 1. The molecule has 2 aliphatic heterocycles. The zero-order chi connectivity index (χ0) is 14.3. The maximum Gasteiger partial charge on any atom is 0.264 e. The van der Waals surface area contributed by atoms with Crippen molar-refractivity contribution in [2.75, 3.05) is 11.5 Å². The van der Waals surface area contributed by atoms with Crippen molar-refractivity contribution in [2.45, 2.75) is 38.0 Å². The van der Waals surface area contributed by atoms with Crippen LogP contribution in [0.5, 0.6) is 5.75 Å². The molecular formula is C15H18N2O2S. The summed E-state index contributed by atoms with van der Waals surface area (Å²) in [6, 6.07) is 8.07. The number of benzene rings is 1. The van der Waals surface area contributed by atoms with Gasteiger partial charge in [0.1, 0.15) is 17.1 Å². The van der Waals surface area contributed by atoms with Crippen molar-refractivity contribution in [3.63, 3.8) is 0 Å². The van der Waals surface area contributed by atoms with Crippen molar-refractivity contribution < 1.29 is 9.53 Å². The second kappa shape index (κ2) is 4.81. The fourth-order valence-corrected chi connectivity index (χ4v) is 3.58. The van der Waals surface area contributed by atoms with Crippen LogP contribution in [0.1, 0.15) is 27.2 Å². The van der Waals surface area contributed by atoms with Gasteiger partial charge in [-0.05, 0) is 32.4 Å². The molecule has 0 aliphatic carbocycles. The zero-order valence-electron chi connectivity index (χ0n) is 11.9. The minimum Gasteiger partial charge on any atom is -0.489 e. The van der Waals surface area contributed by atoms with Gasteiger partial charge in [0.05, 0.1) is 11.7 Å². The largest absolute Gasteiger partial charge is 0.489 e. The Kier molecular flexibility index (Phi) is 3.24. The molecule has 0 spiro atoms. The third kappa shape index (κ3) is 2.00. The first-order valence-electron chi connectivity index (χ1n) is 6.88. The maximum atomic E-state index is 12.1. The Bertz CT molecular complexity index is 587. The van der Waals surface area contributed by atoms with Gasteiger partial charge < -0.3 is 9.64 Å². The van der Waals surface area contributed by atoms with E-state index in [9.17, 15) is 4.79 Å². The molecular weight excluding hydrogens is 272 g/mol. The molecule has 2 heterocycles. The molecule has 2 unspecified atom stereocenters. The molecule has 0 fully saturated rings. The summed E-state index contributed by atoms with van der Waals surface area (Å²) in [6.07, 6.45) is 0.782. The van der Waals surface area contributed by atoms with Crippen molar-refractivity contribution in [2.24, 2.45) is 4.99 Å². The summed E-state index contributed by atoms with van der Waals surface area (Å²) in [7, 11) is 0. The van der Waals surface area contributed by atoms with Gasteiger partial charge in [-0.1, -0.05) is 30.8 Å². The number of amidine groups is 1. The van der Waals surface area contributed by atoms with Crippen LogP contribution in [0.2, 0.25) is 0 Å². The van der Waals surface area contributed by atoms with E-state index in [1.165, 1.54) is 0 Å². The van der Waals surface area contributed by atoms with Crippen LogP contribution < -0.4 is 9.64 Å². The number of ether oxygens (including phenoxy) is 1. The lowest BCUT2D eigenvalue weighted by Gasteiger charge is -2.36. The van der Waals surface area contributed by atoms with Crippen molar-refractivity contribution in [3.05, 3.63) is 24.3 Å². The lowest BCUT2D eigenvalue weighted by molar-refractivity contribution is -0.119. The number of para-hydroxylation sites is 2. The number of carbonyl (C=O) groups is 1. The number of fused-ring (bicyclic) bond motifs is 1. The molecule has 1 amide bonds. The first-order chi connectivity index (χ1) is 9.55. The van der Waals surface area contributed by atoms with Crippen LogP contribution in [0.4, 0.5) is 5.69 Å². The highest BCUT2D eigenvalue weighted by atomic mass is 32.2. The average Bonchev–Trinajstić information content (AvgIpc) is 2.75. The minimum absolute atomic E-state index is 0.0313. The highest BCUT2D eigenvalue weighted by Crippen LogP contribution is 2.42. The van der Waals surface area contributed by atoms with Crippen molar-refractivity contribution in [3.8, 4) is 5.75 Å². The number of carbonyl (C=O) groups excluding carboxylic acids is 1. The third-order valence-corrected chi connectivity index (χ3v) is 5.28. The molecule has 0 saturated carbocycles. The molecule has 20 heavy (non-hydrogen) atoms. The molecule has 2 atom stereocenters. The summed E-state index contributed by atoms with van der Waals surface area (Å²) in [6.45, 7) is 6.69. The topological polar surface area (TPSA) is 41.9 Å². The molecule has 0 bridgehead atoms. The Labute approximate surface area is 123 Å². The average molecular weight is 290 g/mol. The standard InChI is InChI=1S/C15H18N2O2S/c1-4-15(3)13(18)16-14(20-15)17-10(2)9-19-12-8-6-5-7-11(12)17/h5-8,10H,4,9H2,1-3H3. The Hall–Kier alpha value is -1.49. The quantitative estimate of drug-likeness (QED) is 0.797. The summed E-state index contributed by atoms with van der Waals surface area (Å²) in [5.74, 6) is 0.822. The number of amides is 1. The summed E-state index contributed by atoms with van der Waals surface area (Å²) in [5, 5.41) is 0.794. The Morgan fingerprint density at radius 3 is 2.95 bits per heavy atom. The van der Waals surface area contributed by atoms with Gasteiger partial charge >= 0.3 is 0 Å². The lowest BCUT2D eigenvalue weighted by atomic mass is 10.1. The smallest absolute Gasteiger partial charge is 0.264 e. The van der Waals surface area contributed by atoms with Crippen LogP contribution in [0.25, 0.3) is 0 Å². The fourth-order valence-electron chi connectivity index (χ4n) is 2.39. The van der Waals surface area contributed by atoms with E-state index in [0.29, 0.717) is 6.61 Å². The van der Waals surface area contributed by atoms with E-state index < -0.39 is 4.75 Å². The zero-order valence-corrected chi connectivity index (χ0v) is 12.7. The maximum absolute atomic E-state index is 12.1. The first kappa shape index (κ1) is 13.5. The number of hydrogen-bond donors (Lipinski definition) is 0. The van der Waals surface area contributed by atoms with Crippen LogP contribution >= 0.6 is 11.8 Å². The first-order valence-corrected chi connectivity index (χ1v) is 7.70. The second-order valence-electron chi connectivity index (χ2n) is 5.38. The Balaban J connectivity index is 1.99. The van der Waals surface area contributed by atoms with Gasteiger partial charge in [-0.15, -0.1) is 0 Å². The molecule has 0 radical (unpaired) electrons. The summed E-state index contributed by atoms with van der Waals surface area (Å²) < 4.78 is 5.31. The molecule has 5 heteroatoms. The van der Waals surface area contributed by atoms with E-state index in [4.69, 9.17) is 4.74 Å². The van der Waals surface area contributed by atoms with E-state index in [-0.39, 0.29) is 11.9 Å². The molecule has 0 saturated heterocycles. The number of hydrogen-bond acceptors (Lipinski definition) is 4. The highest BCUT2D eigenvalue weighted by Gasteiger charge is 2.43. The summed E-state index contributed by atoms with van der Waals surface area (Å²) in [5.41, 5.74) is 0.991. The van der Waals surface area contributed by atoms with Crippen LogP contribution in [-0.4, -0.2) is 28.5 Å². The van der Waals surface area contributed by atoms with Gasteiger partial charge in [0.25, 0.3) is 5.91 Å². The van der Waals surface area contributed by atoms with Crippen molar-refractivity contribution in [1.82, 2.24) is 0 Å². The molecule has 0 aromatic heterocycles. The normalized spacial score (nSPS) is 28.9. The second-order valence-corrected chi connectivity index (χ2v) is 6.85. The Morgan fingerprint density at radius 2 is 2.25 bits per heavy atom. The van der Waals surface area contributed by atoms with E-state index in [1.807, 2.05) is 38.1 Å². The summed E-state index contributed by atoms with van der Waals surface area (Å²) in [4.78, 5) is 18.6. The van der Waals surface area contributed by atoms with Crippen LogP contribution in [0, 0.1) is 0 Å². The van der Waals surface area contributed by atoms with Gasteiger partial charge in [0.15, 0.2) is 5.17 Å². The van der Waals surface area contributed by atoms with Gasteiger partial charge in [-0.3, -0.25) is 4.79 Å². The van der Waals surface area contributed by atoms with Crippen LogP contribution in [0.15, 0.2) is 29.3 Å². The molecule has 4 nitrogen and oxygen atoms in total. The summed E-state index contributed by atoms with van der Waals surface area (Å²) >= 11 is 1.57. The number of thioether (sulfide) groups is 1. The molecule has 106 valence electrons. The number of rotatable bonds is 1. The lowest BCUT2D eigenvalue weighted by Crippen LogP contribution is -2.44. The van der Waals surface area contributed by atoms with Gasteiger partial charge in [-0.25, -0.2) is 0 Å². The van der Waals surface area contributed by atoms with Gasteiger partial charge in [-0.2, -0.15) is 4.99 Å². The van der Waals surface area contributed by atoms with Gasteiger partial charge in [0.2, 0.25) is 0 Å². The molecule has 1 aromatic rings. The molecule has 0 N–H and O–H groups in total. The van der Waals surface area contributed by atoms with Crippen molar-refractivity contribution in [1.29, 1.82) is 0 Å². The van der Waals surface area contributed by atoms with E-state index in [0.717, 1.165) is 23.0 Å².